The fourth-order valence-electron chi connectivity index (χ4n) is 3.53. The Morgan fingerprint density at radius 1 is 1.19 bits per heavy atom. The lowest BCUT2D eigenvalue weighted by atomic mass is 9.96. The van der Waals surface area contributed by atoms with Crippen molar-refractivity contribution in [3.05, 3.63) is 76.0 Å². The van der Waals surface area contributed by atoms with Crippen LogP contribution in [0.2, 0.25) is 5.02 Å². The summed E-state index contributed by atoms with van der Waals surface area (Å²) in [7, 11) is 1.58. The van der Waals surface area contributed by atoms with Crippen molar-refractivity contribution in [3.8, 4) is 5.75 Å². The predicted octanol–water partition coefficient (Wildman–Crippen LogP) is 2.54. The molecule has 2 heterocycles. The van der Waals surface area contributed by atoms with Gasteiger partial charge in [-0.25, -0.2) is 9.59 Å². The molecule has 2 N–H and O–H groups in total. The molecule has 4 rings (SSSR count). The molecule has 0 aromatic heterocycles. The van der Waals surface area contributed by atoms with Crippen LogP contribution in [-0.4, -0.2) is 43.1 Å². The van der Waals surface area contributed by atoms with E-state index in [9.17, 15) is 14.4 Å². The van der Waals surface area contributed by atoms with Crippen molar-refractivity contribution in [1.29, 1.82) is 0 Å². The molecule has 1 unspecified atom stereocenters. The van der Waals surface area contributed by atoms with Crippen LogP contribution in [0.4, 0.5) is 4.79 Å². The molecule has 1 atom stereocenters. The van der Waals surface area contributed by atoms with E-state index in [-0.39, 0.29) is 19.1 Å². The summed E-state index contributed by atoms with van der Waals surface area (Å²) in [6.07, 6.45) is 0. The van der Waals surface area contributed by atoms with Gasteiger partial charge in [0.2, 0.25) is 5.91 Å². The number of benzene rings is 2. The number of halogens is 1. The Morgan fingerprint density at radius 2 is 1.90 bits per heavy atom. The second-order valence-electron chi connectivity index (χ2n) is 7.08. The molecule has 8 nitrogen and oxygen atoms in total. The first-order valence-corrected chi connectivity index (χ1v) is 9.97. The van der Waals surface area contributed by atoms with Crippen molar-refractivity contribution < 1.29 is 23.9 Å². The summed E-state index contributed by atoms with van der Waals surface area (Å²) in [6.45, 7) is 0.00918. The molecular weight excluding hydrogens is 422 g/mol. The number of esters is 1. The van der Waals surface area contributed by atoms with Gasteiger partial charge in [-0.15, -0.1) is 0 Å². The summed E-state index contributed by atoms with van der Waals surface area (Å²) in [5.41, 5.74) is 2.31. The lowest BCUT2D eigenvalue weighted by Crippen LogP contribution is -2.50. The number of urea groups is 1. The van der Waals surface area contributed by atoms with Crippen LogP contribution >= 0.6 is 11.6 Å². The quantitative estimate of drug-likeness (QED) is 0.671. The van der Waals surface area contributed by atoms with Crippen molar-refractivity contribution in [3.63, 3.8) is 0 Å². The molecule has 2 aliphatic heterocycles. The first kappa shape index (κ1) is 20.7. The Bertz CT molecular complexity index is 1050. The van der Waals surface area contributed by atoms with E-state index in [1.54, 1.807) is 43.5 Å². The third-order valence-electron chi connectivity index (χ3n) is 5.15. The maximum absolute atomic E-state index is 12.8. The van der Waals surface area contributed by atoms with Crippen molar-refractivity contribution >= 4 is 29.5 Å². The largest absolute Gasteiger partial charge is 0.497 e. The van der Waals surface area contributed by atoms with Crippen LogP contribution in [0.5, 0.6) is 5.75 Å². The number of nitrogens with one attached hydrogen (secondary N) is 2. The van der Waals surface area contributed by atoms with Gasteiger partial charge < -0.3 is 20.1 Å². The van der Waals surface area contributed by atoms with Gasteiger partial charge in [0.1, 0.15) is 18.9 Å². The minimum absolute atomic E-state index is 0.0581. The van der Waals surface area contributed by atoms with Crippen LogP contribution in [0.3, 0.4) is 0 Å². The molecule has 0 bridgehead atoms. The van der Waals surface area contributed by atoms with Gasteiger partial charge in [-0.1, -0.05) is 35.9 Å². The van der Waals surface area contributed by atoms with E-state index in [0.29, 0.717) is 28.4 Å². The molecule has 31 heavy (non-hydrogen) atoms. The fraction of sp³-hybridized carbons (Fsp3) is 0.227. The van der Waals surface area contributed by atoms with E-state index in [1.807, 2.05) is 12.1 Å². The minimum atomic E-state index is -0.659. The van der Waals surface area contributed by atoms with Gasteiger partial charge in [0.25, 0.3) is 0 Å². The molecule has 3 amide bonds. The highest BCUT2D eigenvalue weighted by molar-refractivity contribution is 6.30. The van der Waals surface area contributed by atoms with Gasteiger partial charge in [-0.2, -0.15) is 0 Å². The predicted molar refractivity (Wildman–Crippen MR) is 112 cm³/mol. The molecule has 0 radical (unpaired) electrons. The number of carbonyl (C=O) groups excluding carboxylic acids is 3. The zero-order valence-electron chi connectivity index (χ0n) is 16.7. The van der Waals surface area contributed by atoms with Gasteiger partial charge in [0, 0.05) is 11.6 Å². The maximum Gasteiger partial charge on any atom is 0.338 e. The molecule has 2 aromatic carbocycles. The second kappa shape index (κ2) is 8.69. The number of rotatable bonds is 6. The van der Waals surface area contributed by atoms with Crippen molar-refractivity contribution in [2.24, 2.45) is 0 Å². The van der Waals surface area contributed by atoms with Gasteiger partial charge >= 0.3 is 12.0 Å². The van der Waals surface area contributed by atoms with Crippen LogP contribution in [0.1, 0.15) is 17.2 Å². The maximum atomic E-state index is 12.8. The number of ether oxygens (including phenoxy) is 2. The monoisotopic (exact) mass is 441 g/mol. The topological polar surface area (TPSA) is 97.0 Å². The van der Waals surface area contributed by atoms with Crippen LogP contribution in [-0.2, 0) is 20.9 Å². The zero-order chi connectivity index (χ0) is 22.0. The van der Waals surface area contributed by atoms with E-state index in [0.717, 1.165) is 11.3 Å². The van der Waals surface area contributed by atoms with Gasteiger partial charge in [-0.05, 0) is 35.4 Å². The van der Waals surface area contributed by atoms with E-state index in [1.165, 1.54) is 4.90 Å². The van der Waals surface area contributed by atoms with Gasteiger partial charge in [-0.3, -0.25) is 9.69 Å². The van der Waals surface area contributed by atoms with Crippen LogP contribution < -0.4 is 15.4 Å². The van der Waals surface area contributed by atoms with Crippen molar-refractivity contribution in [1.82, 2.24) is 15.5 Å². The highest BCUT2D eigenvalue weighted by Gasteiger charge is 2.42. The smallest absolute Gasteiger partial charge is 0.338 e. The number of nitrogens with zero attached hydrogens (tertiary/aromatic N) is 1. The zero-order valence-corrected chi connectivity index (χ0v) is 17.4. The summed E-state index contributed by atoms with van der Waals surface area (Å²) in [6, 6.07) is 13.0. The molecule has 0 aliphatic carbocycles. The lowest BCUT2D eigenvalue weighted by Gasteiger charge is -2.32. The SMILES string of the molecule is COc1ccc(CNC(=O)CN2C(=O)NC(c3ccc(Cl)cc3)C3=C2COC3=O)cc1. The number of amides is 3. The summed E-state index contributed by atoms with van der Waals surface area (Å²) >= 11 is 5.94. The van der Waals surface area contributed by atoms with Gasteiger partial charge in [0.05, 0.1) is 24.4 Å². The van der Waals surface area contributed by atoms with Crippen LogP contribution in [0, 0.1) is 0 Å². The lowest BCUT2D eigenvalue weighted by molar-refractivity contribution is -0.136. The van der Waals surface area contributed by atoms with E-state index in [2.05, 4.69) is 10.6 Å². The Balaban J connectivity index is 1.48. The molecule has 160 valence electrons. The Morgan fingerprint density at radius 3 is 2.58 bits per heavy atom. The fourth-order valence-corrected chi connectivity index (χ4v) is 3.65. The molecule has 0 saturated heterocycles. The van der Waals surface area contributed by atoms with Crippen molar-refractivity contribution in [2.75, 3.05) is 20.3 Å². The number of hydrogen-bond donors (Lipinski definition) is 2. The number of methoxy groups -OCH3 is 1. The Kier molecular flexibility index (Phi) is 5.81. The molecular formula is C22H20ClN3O5. The third kappa shape index (κ3) is 4.34. The molecule has 0 spiro atoms. The van der Waals surface area contributed by atoms with Gasteiger partial charge in [0.15, 0.2) is 0 Å². The normalized spacial score (nSPS) is 17.7. The molecule has 0 fully saturated rings. The van der Waals surface area contributed by atoms with Crippen LogP contribution in [0.15, 0.2) is 59.8 Å². The molecule has 9 heteroatoms. The standard InChI is InChI=1S/C22H20ClN3O5/c1-30-16-8-2-13(3-9-16)10-24-18(27)11-26-17-12-31-21(28)19(17)20(25-22(26)29)14-4-6-15(23)7-5-14/h2-9,20H,10-12H2,1H3,(H,24,27)(H,25,29). The Labute approximate surface area is 183 Å². The summed E-state index contributed by atoms with van der Waals surface area (Å²) in [5, 5.41) is 6.11. The second-order valence-corrected chi connectivity index (χ2v) is 7.52. The van der Waals surface area contributed by atoms with E-state index < -0.39 is 18.0 Å². The highest BCUT2D eigenvalue weighted by Crippen LogP contribution is 2.35. The van der Waals surface area contributed by atoms with Crippen molar-refractivity contribution in [2.45, 2.75) is 12.6 Å². The first-order chi connectivity index (χ1) is 15.0. The minimum Gasteiger partial charge on any atom is -0.497 e. The van der Waals surface area contributed by atoms with Crippen LogP contribution in [0.25, 0.3) is 0 Å². The summed E-state index contributed by atoms with van der Waals surface area (Å²) in [4.78, 5) is 38.9. The number of cyclic esters (lactones) is 1. The number of carbonyl (C=O) groups is 3. The molecule has 2 aromatic rings. The summed E-state index contributed by atoms with van der Waals surface area (Å²) < 4.78 is 10.3. The number of hydrogen-bond acceptors (Lipinski definition) is 5. The van der Waals surface area contributed by atoms with E-state index >= 15 is 0 Å². The van der Waals surface area contributed by atoms with E-state index in [4.69, 9.17) is 21.1 Å². The summed E-state index contributed by atoms with van der Waals surface area (Å²) in [5.74, 6) is -0.152. The highest BCUT2D eigenvalue weighted by atomic mass is 35.5. The Hall–Kier alpha value is -3.52. The molecule has 0 saturated carbocycles. The molecule has 2 aliphatic rings. The third-order valence-corrected chi connectivity index (χ3v) is 5.40. The average molecular weight is 442 g/mol. The first-order valence-electron chi connectivity index (χ1n) is 9.59. The average Bonchev–Trinajstić information content (AvgIpc) is 3.16.